The normalized spacial score (nSPS) is 27.2. The first kappa shape index (κ1) is 31.1. The largest absolute Gasteiger partial charge is 0.394 e. The van der Waals surface area contributed by atoms with Crippen molar-refractivity contribution in [1.82, 2.24) is 15.0 Å². The zero-order chi connectivity index (χ0) is 31.0. The Bertz CT molecular complexity index is 1550. The van der Waals surface area contributed by atoms with Crippen LogP contribution in [-0.2, 0) is 19.0 Å². The summed E-state index contributed by atoms with van der Waals surface area (Å²) < 4.78 is 47.7. The molecule has 2 saturated heterocycles. The highest BCUT2D eigenvalue weighted by atomic mass is 79.9. The number of carbonyl (C=O) groups excluding carboxylic acids is 1. The summed E-state index contributed by atoms with van der Waals surface area (Å²) in [5, 5.41) is 49.5. The molecule has 0 aliphatic carbocycles. The number of ether oxygens (including phenoxy) is 3. The number of rotatable bonds is 7. The van der Waals surface area contributed by atoms with E-state index in [1.807, 2.05) is 6.07 Å². The van der Waals surface area contributed by atoms with Crippen molar-refractivity contribution in [1.29, 1.82) is 5.26 Å². The second kappa shape index (κ2) is 12.7. The van der Waals surface area contributed by atoms with Gasteiger partial charge in [0.05, 0.1) is 43.7 Å². The Labute approximate surface area is 253 Å². The molecular formula is C28H28BrF2N5O7. The molecule has 7 atom stereocenters. The minimum absolute atomic E-state index is 0.0216. The number of benzene rings is 2. The third-order valence-electron chi connectivity index (χ3n) is 7.63. The number of anilines is 1. The van der Waals surface area contributed by atoms with Gasteiger partial charge in [0.15, 0.2) is 17.7 Å². The van der Waals surface area contributed by atoms with Gasteiger partial charge in [-0.3, -0.25) is 4.79 Å². The van der Waals surface area contributed by atoms with Gasteiger partial charge in [-0.25, -0.2) is 13.5 Å². The van der Waals surface area contributed by atoms with Gasteiger partial charge in [0.25, 0.3) is 5.91 Å². The molecule has 0 spiro atoms. The molecule has 43 heavy (non-hydrogen) atoms. The van der Waals surface area contributed by atoms with E-state index in [1.54, 1.807) is 12.1 Å². The van der Waals surface area contributed by atoms with E-state index >= 15 is 0 Å². The van der Waals surface area contributed by atoms with Crippen LogP contribution in [0.5, 0.6) is 0 Å². The summed E-state index contributed by atoms with van der Waals surface area (Å²) in [4.78, 5) is 15.6. The van der Waals surface area contributed by atoms with Gasteiger partial charge in [0.1, 0.15) is 36.2 Å². The van der Waals surface area contributed by atoms with Gasteiger partial charge in [-0.2, -0.15) is 5.26 Å². The van der Waals surface area contributed by atoms with Crippen molar-refractivity contribution in [2.75, 3.05) is 31.8 Å². The lowest BCUT2D eigenvalue weighted by Gasteiger charge is -2.45. The lowest BCUT2D eigenvalue weighted by Crippen LogP contribution is -2.63. The van der Waals surface area contributed by atoms with Crippen LogP contribution in [-0.4, -0.2) is 99.7 Å². The van der Waals surface area contributed by atoms with Crippen LogP contribution in [0.25, 0.3) is 11.3 Å². The Kier molecular flexibility index (Phi) is 9.18. The summed E-state index contributed by atoms with van der Waals surface area (Å²) in [7, 11) is 1.28. The number of aromatic nitrogens is 3. The molecule has 1 aromatic heterocycles. The maximum absolute atomic E-state index is 14.7. The number of hydrogen-bond acceptors (Lipinski definition) is 10. The summed E-state index contributed by atoms with van der Waals surface area (Å²) in [5.41, 5.74) is 0.390. The van der Waals surface area contributed by atoms with E-state index in [4.69, 9.17) is 14.2 Å². The Morgan fingerprint density at radius 3 is 2.67 bits per heavy atom. The van der Waals surface area contributed by atoms with Crippen LogP contribution in [0.3, 0.4) is 0 Å². The summed E-state index contributed by atoms with van der Waals surface area (Å²) >= 11 is 3.35. The molecular weight excluding hydrogens is 636 g/mol. The number of nitrogens with zero attached hydrogens (tertiary/aromatic N) is 5. The number of hydrogen-bond donors (Lipinski definition) is 3. The number of nitriles is 1. The maximum Gasteiger partial charge on any atom is 0.259 e. The summed E-state index contributed by atoms with van der Waals surface area (Å²) in [6.07, 6.45) is -5.30. The number of aryl methyl sites for hydroxylation is 1. The van der Waals surface area contributed by atoms with E-state index < -0.39 is 66.8 Å². The van der Waals surface area contributed by atoms with Crippen molar-refractivity contribution in [3.63, 3.8) is 0 Å². The minimum atomic E-state index is -1.48. The fourth-order valence-corrected chi connectivity index (χ4v) is 5.91. The van der Waals surface area contributed by atoms with Crippen molar-refractivity contribution < 1.29 is 43.1 Å². The molecule has 15 heteroatoms. The predicted octanol–water partition coefficient (Wildman–Crippen LogP) is 1.64. The fraction of sp³-hybridized carbons (Fsp3) is 0.429. The second-order valence-corrected chi connectivity index (χ2v) is 11.2. The molecule has 5 rings (SSSR count). The summed E-state index contributed by atoms with van der Waals surface area (Å²) in [6, 6.07) is 7.32. The lowest BCUT2D eigenvalue weighted by atomic mass is 9.91. The van der Waals surface area contributed by atoms with Gasteiger partial charge in [-0.05, 0) is 36.8 Å². The van der Waals surface area contributed by atoms with E-state index in [9.17, 15) is 34.2 Å². The molecule has 3 aromatic rings. The molecule has 1 amide bonds. The van der Waals surface area contributed by atoms with E-state index in [2.05, 4.69) is 26.2 Å². The molecule has 0 saturated carbocycles. The first-order chi connectivity index (χ1) is 20.6. The number of halogens is 3. The first-order valence-electron chi connectivity index (χ1n) is 13.2. The van der Waals surface area contributed by atoms with Crippen molar-refractivity contribution >= 4 is 27.5 Å². The highest BCUT2D eigenvalue weighted by molar-refractivity contribution is 9.10. The van der Waals surface area contributed by atoms with Gasteiger partial charge in [-0.1, -0.05) is 27.2 Å². The van der Waals surface area contributed by atoms with Gasteiger partial charge in [-0.15, -0.1) is 5.10 Å². The Balaban J connectivity index is 1.56. The van der Waals surface area contributed by atoms with Crippen LogP contribution in [0.2, 0.25) is 0 Å². The molecule has 3 N–H and O–H groups in total. The molecule has 12 nitrogen and oxygen atoms in total. The Morgan fingerprint density at radius 2 is 2.02 bits per heavy atom. The van der Waals surface area contributed by atoms with Crippen LogP contribution in [0.15, 0.2) is 41.0 Å². The van der Waals surface area contributed by atoms with Crippen LogP contribution >= 0.6 is 15.9 Å². The molecule has 228 valence electrons. The SMILES string of the molecule is COC1C(C(=O)N(c2cc(Br)cc(C#N)c2)[C@H]2COC[C@@H]2O)OC(CO)C(O)C1n1cc(-c2ccc(C)c(F)c2F)nn1. The molecule has 2 aliphatic heterocycles. The highest BCUT2D eigenvalue weighted by Gasteiger charge is 2.52. The zero-order valence-electron chi connectivity index (χ0n) is 23.0. The predicted molar refractivity (Wildman–Crippen MR) is 149 cm³/mol. The fourth-order valence-electron chi connectivity index (χ4n) is 5.42. The first-order valence-corrected chi connectivity index (χ1v) is 14.0. The third-order valence-corrected chi connectivity index (χ3v) is 8.09. The number of amides is 1. The second-order valence-electron chi connectivity index (χ2n) is 10.3. The monoisotopic (exact) mass is 663 g/mol. The van der Waals surface area contributed by atoms with E-state index in [-0.39, 0.29) is 41.3 Å². The maximum atomic E-state index is 14.7. The summed E-state index contributed by atoms with van der Waals surface area (Å²) in [5.74, 6) is -2.88. The quantitative estimate of drug-likeness (QED) is 0.339. The van der Waals surface area contributed by atoms with Crippen molar-refractivity contribution in [2.45, 2.75) is 49.5 Å². The molecule has 3 heterocycles. The van der Waals surface area contributed by atoms with Gasteiger partial charge >= 0.3 is 0 Å². The van der Waals surface area contributed by atoms with Crippen LogP contribution in [0.1, 0.15) is 17.2 Å². The summed E-state index contributed by atoms with van der Waals surface area (Å²) in [6.45, 7) is 0.668. The van der Waals surface area contributed by atoms with Crippen LogP contribution in [0, 0.1) is 29.9 Å². The Morgan fingerprint density at radius 1 is 1.26 bits per heavy atom. The van der Waals surface area contributed by atoms with Crippen LogP contribution in [0.4, 0.5) is 14.5 Å². The molecule has 0 bridgehead atoms. The standard InChI is InChI=1S/C28H28BrF2N5O7/c1-13-3-4-17(23(31)22(13)30)18-9-35(34-33-18)24-25(39)21(10-37)43-27(26(24)41-2)28(40)36(19-11-42-12-20(19)38)16-6-14(8-32)5-15(29)7-16/h3-7,9,19-21,24-27,37-39H,10-12H2,1-2H3/t19-,20-,21?,24?,25?,26?,27?/m0/s1. The average molecular weight is 664 g/mol. The Hall–Kier alpha value is -3.36. The molecule has 5 unspecified atom stereocenters. The highest BCUT2D eigenvalue weighted by Crippen LogP contribution is 2.36. The number of aliphatic hydroxyl groups excluding tert-OH is 3. The van der Waals surface area contributed by atoms with Crippen LogP contribution < -0.4 is 4.90 Å². The van der Waals surface area contributed by atoms with Crippen molar-refractivity contribution in [2.24, 2.45) is 0 Å². The number of aliphatic hydroxyl groups is 3. The number of methoxy groups -OCH3 is 1. The third kappa shape index (κ3) is 5.79. The van der Waals surface area contributed by atoms with Crippen molar-refractivity contribution in [3.05, 3.63) is 63.8 Å². The zero-order valence-corrected chi connectivity index (χ0v) is 24.6. The molecule has 0 radical (unpaired) electrons. The average Bonchev–Trinajstić information content (AvgIpc) is 3.64. The minimum Gasteiger partial charge on any atom is -0.394 e. The van der Waals surface area contributed by atoms with E-state index in [0.29, 0.717) is 4.47 Å². The van der Waals surface area contributed by atoms with Crippen molar-refractivity contribution in [3.8, 4) is 17.3 Å². The van der Waals surface area contributed by atoms with E-state index in [1.165, 1.54) is 43.3 Å². The van der Waals surface area contributed by atoms with Gasteiger partial charge in [0, 0.05) is 22.8 Å². The molecule has 2 aliphatic rings. The molecule has 2 fully saturated rings. The lowest BCUT2D eigenvalue weighted by molar-refractivity contribution is -0.211. The van der Waals surface area contributed by atoms with E-state index in [0.717, 1.165) is 4.68 Å². The topological polar surface area (TPSA) is 163 Å². The van der Waals surface area contributed by atoms with Gasteiger partial charge in [0.2, 0.25) is 0 Å². The van der Waals surface area contributed by atoms with Gasteiger partial charge < -0.3 is 34.4 Å². The number of carbonyl (C=O) groups is 1. The molecule has 2 aromatic carbocycles. The smallest absolute Gasteiger partial charge is 0.259 e.